The molecular weight excluding hydrogens is 245 g/mol. The van der Waals surface area contributed by atoms with Gasteiger partial charge in [-0.3, -0.25) is 0 Å². The van der Waals surface area contributed by atoms with Crippen LogP contribution in [0.5, 0.6) is 0 Å². The summed E-state index contributed by atoms with van der Waals surface area (Å²) in [5, 5.41) is 2.15. The van der Waals surface area contributed by atoms with E-state index in [1.807, 2.05) is 12.1 Å². The molecule has 0 unspecified atom stereocenters. The highest BCUT2D eigenvalue weighted by Gasteiger charge is 2.03. The van der Waals surface area contributed by atoms with E-state index in [0.717, 1.165) is 18.5 Å². The number of aryl methyl sites for hydroxylation is 1. The SMILES string of the molecule is CN(C)CCCc1cc(-c2ccc(F)cc2)cs1. The number of nitrogens with zero attached hydrogens (tertiary/aromatic N) is 1. The fraction of sp³-hybridized carbons (Fsp3) is 0.333. The minimum absolute atomic E-state index is 0.180. The summed E-state index contributed by atoms with van der Waals surface area (Å²) in [7, 11) is 4.19. The molecule has 3 heteroatoms. The van der Waals surface area contributed by atoms with Crippen molar-refractivity contribution in [3.63, 3.8) is 0 Å². The Hall–Kier alpha value is -1.19. The Morgan fingerprint density at radius 1 is 1.11 bits per heavy atom. The van der Waals surface area contributed by atoms with Gasteiger partial charge in [0.05, 0.1) is 0 Å². The van der Waals surface area contributed by atoms with E-state index in [9.17, 15) is 4.39 Å². The maximum absolute atomic E-state index is 12.8. The highest BCUT2D eigenvalue weighted by molar-refractivity contribution is 7.10. The second-order valence-electron chi connectivity index (χ2n) is 4.72. The second-order valence-corrected chi connectivity index (χ2v) is 5.71. The molecule has 96 valence electrons. The van der Waals surface area contributed by atoms with Crippen molar-refractivity contribution in [2.45, 2.75) is 12.8 Å². The van der Waals surface area contributed by atoms with E-state index >= 15 is 0 Å². The van der Waals surface area contributed by atoms with Crippen LogP contribution >= 0.6 is 11.3 Å². The van der Waals surface area contributed by atoms with Gasteiger partial charge in [0.1, 0.15) is 5.82 Å². The summed E-state index contributed by atoms with van der Waals surface area (Å²) >= 11 is 1.79. The molecule has 2 aromatic rings. The molecule has 1 aromatic heterocycles. The van der Waals surface area contributed by atoms with Crippen molar-refractivity contribution in [3.05, 3.63) is 46.4 Å². The number of halogens is 1. The smallest absolute Gasteiger partial charge is 0.123 e. The normalized spacial score (nSPS) is 11.1. The van der Waals surface area contributed by atoms with Gasteiger partial charge in [-0.05, 0) is 68.2 Å². The maximum atomic E-state index is 12.8. The van der Waals surface area contributed by atoms with Crippen LogP contribution in [0.25, 0.3) is 11.1 Å². The van der Waals surface area contributed by atoms with E-state index in [4.69, 9.17) is 0 Å². The molecule has 0 bridgehead atoms. The van der Waals surface area contributed by atoms with Crippen molar-refractivity contribution in [1.82, 2.24) is 4.90 Å². The molecule has 18 heavy (non-hydrogen) atoms. The van der Waals surface area contributed by atoms with Crippen LogP contribution in [0.3, 0.4) is 0 Å². The molecule has 0 atom stereocenters. The highest BCUT2D eigenvalue weighted by Crippen LogP contribution is 2.26. The van der Waals surface area contributed by atoms with Gasteiger partial charge >= 0.3 is 0 Å². The average Bonchev–Trinajstić information content (AvgIpc) is 2.78. The molecule has 1 aromatic carbocycles. The van der Waals surface area contributed by atoms with Crippen LogP contribution < -0.4 is 0 Å². The molecule has 0 fully saturated rings. The number of hydrogen-bond donors (Lipinski definition) is 0. The van der Waals surface area contributed by atoms with Crippen LogP contribution in [-0.4, -0.2) is 25.5 Å². The van der Waals surface area contributed by atoms with Crippen LogP contribution in [-0.2, 0) is 6.42 Å². The topological polar surface area (TPSA) is 3.24 Å². The molecule has 0 saturated carbocycles. The van der Waals surface area contributed by atoms with Crippen LogP contribution in [0.4, 0.5) is 4.39 Å². The zero-order chi connectivity index (χ0) is 13.0. The number of hydrogen-bond acceptors (Lipinski definition) is 2. The van der Waals surface area contributed by atoms with E-state index in [-0.39, 0.29) is 5.82 Å². The lowest BCUT2D eigenvalue weighted by atomic mass is 10.1. The van der Waals surface area contributed by atoms with Gasteiger partial charge in [-0.1, -0.05) is 12.1 Å². The van der Waals surface area contributed by atoms with Crippen molar-refractivity contribution in [3.8, 4) is 11.1 Å². The Balaban J connectivity index is 1.99. The first-order chi connectivity index (χ1) is 8.65. The number of thiophene rings is 1. The van der Waals surface area contributed by atoms with Gasteiger partial charge in [-0.25, -0.2) is 4.39 Å². The molecule has 0 radical (unpaired) electrons. The Labute approximate surface area is 112 Å². The lowest BCUT2D eigenvalue weighted by Crippen LogP contribution is -2.13. The molecule has 0 aliphatic heterocycles. The number of rotatable bonds is 5. The molecular formula is C15H18FNS. The van der Waals surface area contributed by atoms with Gasteiger partial charge in [0.2, 0.25) is 0 Å². The zero-order valence-electron chi connectivity index (χ0n) is 10.8. The largest absolute Gasteiger partial charge is 0.309 e. The number of benzene rings is 1. The van der Waals surface area contributed by atoms with Crippen molar-refractivity contribution >= 4 is 11.3 Å². The summed E-state index contributed by atoms with van der Waals surface area (Å²) in [6.45, 7) is 1.11. The van der Waals surface area contributed by atoms with Gasteiger partial charge in [-0.2, -0.15) is 0 Å². The highest BCUT2D eigenvalue weighted by atomic mass is 32.1. The average molecular weight is 263 g/mol. The third-order valence-corrected chi connectivity index (χ3v) is 3.86. The quantitative estimate of drug-likeness (QED) is 0.786. The minimum Gasteiger partial charge on any atom is -0.309 e. The minimum atomic E-state index is -0.180. The van der Waals surface area contributed by atoms with Crippen LogP contribution in [0.1, 0.15) is 11.3 Å². The lowest BCUT2D eigenvalue weighted by Gasteiger charge is -2.07. The Morgan fingerprint density at radius 3 is 2.50 bits per heavy atom. The van der Waals surface area contributed by atoms with Gasteiger partial charge in [0.25, 0.3) is 0 Å². The van der Waals surface area contributed by atoms with Crippen LogP contribution in [0.2, 0.25) is 0 Å². The predicted octanol–water partition coefficient (Wildman–Crippen LogP) is 4.05. The molecule has 0 saturated heterocycles. The molecule has 1 heterocycles. The van der Waals surface area contributed by atoms with E-state index in [2.05, 4.69) is 30.4 Å². The Kier molecular flexibility index (Phi) is 4.50. The molecule has 0 spiro atoms. The van der Waals surface area contributed by atoms with Crippen molar-refractivity contribution < 1.29 is 4.39 Å². The van der Waals surface area contributed by atoms with E-state index in [0.29, 0.717) is 0 Å². The van der Waals surface area contributed by atoms with Crippen molar-refractivity contribution in [2.75, 3.05) is 20.6 Å². The van der Waals surface area contributed by atoms with Gasteiger partial charge < -0.3 is 4.90 Å². The fourth-order valence-electron chi connectivity index (χ4n) is 1.87. The first-order valence-electron chi connectivity index (χ1n) is 6.13. The molecule has 0 amide bonds. The molecule has 2 rings (SSSR count). The zero-order valence-corrected chi connectivity index (χ0v) is 11.6. The van der Waals surface area contributed by atoms with Crippen molar-refractivity contribution in [2.24, 2.45) is 0 Å². The third-order valence-electron chi connectivity index (χ3n) is 2.86. The van der Waals surface area contributed by atoms with Crippen molar-refractivity contribution in [1.29, 1.82) is 0 Å². The molecule has 0 aliphatic rings. The summed E-state index contributed by atoms with van der Waals surface area (Å²) in [6.07, 6.45) is 2.29. The van der Waals surface area contributed by atoms with E-state index in [1.54, 1.807) is 11.3 Å². The molecule has 0 aliphatic carbocycles. The standard InChI is InChI=1S/C15H18FNS/c1-17(2)9-3-4-15-10-13(11-18-15)12-5-7-14(16)8-6-12/h5-8,10-11H,3-4,9H2,1-2H3. The first kappa shape index (κ1) is 13.2. The van der Waals surface area contributed by atoms with Crippen LogP contribution in [0, 0.1) is 5.82 Å². The summed E-state index contributed by atoms with van der Waals surface area (Å²) in [5.74, 6) is -0.180. The van der Waals surface area contributed by atoms with E-state index < -0.39 is 0 Å². The second kappa shape index (κ2) is 6.12. The summed E-state index contributed by atoms with van der Waals surface area (Å²) in [6, 6.07) is 8.91. The van der Waals surface area contributed by atoms with E-state index in [1.165, 1.54) is 29.0 Å². The monoisotopic (exact) mass is 263 g/mol. The van der Waals surface area contributed by atoms with Gasteiger partial charge in [0.15, 0.2) is 0 Å². The summed E-state index contributed by atoms with van der Waals surface area (Å²) in [5.41, 5.74) is 2.28. The third kappa shape index (κ3) is 3.65. The Morgan fingerprint density at radius 2 is 1.83 bits per heavy atom. The lowest BCUT2D eigenvalue weighted by molar-refractivity contribution is 0.401. The summed E-state index contributed by atoms with van der Waals surface area (Å²) in [4.78, 5) is 3.60. The van der Waals surface area contributed by atoms with Gasteiger partial charge in [0, 0.05) is 4.88 Å². The molecule has 1 nitrogen and oxygen atoms in total. The first-order valence-corrected chi connectivity index (χ1v) is 7.01. The fourth-order valence-corrected chi connectivity index (χ4v) is 2.81. The van der Waals surface area contributed by atoms with Crippen LogP contribution in [0.15, 0.2) is 35.7 Å². The summed E-state index contributed by atoms with van der Waals surface area (Å²) < 4.78 is 12.8. The maximum Gasteiger partial charge on any atom is 0.123 e. The Bertz CT molecular complexity index is 487. The van der Waals surface area contributed by atoms with Gasteiger partial charge in [-0.15, -0.1) is 11.3 Å². The molecule has 0 N–H and O–H groups in total. The predicted molar refractivity (Wildman–Crippen MR) is 76.6 cm³/mol.